The van der Waals surface area contributed by atoms with E-state index < -0.39 is 6.10 Å². The third-order valence-electron chi connectivity index (χ3n) is 4.76. The first kappa shape index (κ1) is 19.8. The Morgan fingerprint density at radius 1 is 0.750 bits per heavy atom. The van der Waals surface area contributed by atoms with Crippen molar-refractivity contribution in [2.45, 2.75) is 18.9 Å². The van der Waals surface area contributed by atoms with E-state index in [2.05, 4.69) is 0 Å². The summed E-state index contributed by atoms with van der Waals surface area (Å²) in [5.41, 5.74) is 4.19. The molecule has 146 valence electrons. The number of aliphatic hydroxyl groups excluding tert-OH is 1. The van der Waals surface area contributed by atoms with Gasteiger partial charge in [-0.2, -0.15) is 0 Å². The zero-order valence-electron chi connectivity index (χ0n) is 16.5. The van der Waals surface area contributed by atoms with E-state index in [4.69, 9.17) is 14.2 Å². The van der Waals surface area contributed by atoms with Crippen molar-refractivity contribution in [1.29, 1.82) is 0 Å². The second-order valence-corrected chi connectivity index (χ2v) is 6.62. The Morgan fingerprint density at radius 3 is 1.96 bits per heavy atom. The Morgan fingerprint density at radius 2 is 1.36 bits per heavy atom. The van der Waals surface area contributed by atoms with Crippen molar-refractivity contribution in [2.75, 3.05) is 21.3 Å². The number of hydrogen-bond acceptors (Lipinski definition) is 4. The lowest BCUT2D eigenvalue weighted by molar-refractivity contribution is 0.175. The second kappa shape index (κ2) is 9.29. The predicted molar refractivity (Wildman–Crippen MR) is 111 cm³/mol. The summed E-state index contributed by atoms with van der Waals surface area (Å²) in [5, 5.41) is 10.6. The molecule has 0 aliphatic rings. The lowest BCUT2D eigenvalue weighted by atomic mass is 9.93. The molecule has 1 atom stereocenters. The van der Waals surface area contributed by atoms with Crippen molar-refractivity contribution < 1.29 is 19.3 Å². The van der Waals surface area contributed by atoms with Crippen LogP contribution in [-0.4, -0.2) is 32.5 Å². The van der Waals surface area contributed by atoms with Gasteiger partial charge in [0.05, 0.1) is 27.4 Å². The van der Waals surface area contributed by atoms with Gasteiger partial charge >= 0.3 is 0 Å². The molecule has 4 nitrogen and oxygen atoms in total. The van der Waals surface area contributed by atoms with E-state index in [1.54, 1.807) is 21.3 Å². The van der Waals surface area contributed by atoms with Gasteiger partial charge < -0.3 is 19.3 Å². The Bertz CT molecular complexity index is 880. The summed E-state index contributed by atoms with van der Waals surface area (Å²) >= 11 is 0. The third kappa shape index (κ3) is 4.46. The molecule has 0 radical (unpaired) electrons. The number of benzene rings is 3. The number of ether oxygens (including phenoxy) is 3. The minimum Gasteiger partial charge on any atom is -0.493 e. The highest BCUT2D eigenvalue weighted by Crippen LogP contribution is 2.42. The SMILES string of the molecule is COc1cc(-c2ccccc2CC(O)Cc2ccccc2)cc(OC)c1OC. The molecular weight excluding hydrogens is 352 g/mol. The normalized spacial score (nSPS) is 11.7. The van der Waals surface area contributed by atoms with Crippen molar-refractivity contribution in [3.05, 3.63) is 77.9 Å². The number of rotatable bonds is 8. The quantitative estimate of drug-likeness (QED) is 0.626. The van der Waals surface area contributed by atoms with Crippen LogP contribution in [0.2, 0.25) is 0 Å². The first-order valence-corrected chi connectivity index (χ1v) is 9.26. The predicted octanol–water partition coefficient (Wildman–Crippen LogP) is 4.53. The maximum atomic E-state index is 10.6. The Labute approximate surface area is 166 Å². The van der Waals surface area contributed by atoms with Crippen LogP contribution in [0.3, 0.4) is 0 Å². The largest absolute Gasteiger partial charge is 0.493 e. The Kier molecular flexibility index (Phi) is 6.56. The fourth-order valence-electron chi connectivity index (χ4n) is 3.43. The first-order valence-electron chi connectivity index (χ1n) is 9.26. The molecule has 3 rings (SSSR count). The summed E-state index contributed by atoms with van der Waals surface area (Å²) < 4.78 is 16.4. The molecule has 1 unspecified atom stereocenters. The zero-order chi connectivity index (χ0) is 19.9. The first-order chi connectivity index (χ1) is 13.7. The van der Waals surface area contributed by atoms with Gasteiger partial charge in [0.2, 0.25) is 5.75 Å². The zero-order valence-corrected chi connectivity index (χ0v) is 16.5. The Balaban J connectivity index is 1.92. The van der Waals surface area contributed by atoms with Crippen molar-refractivity contribution in [2.24, 2.45) is 0 Å². The van der Waals surface area contributed by atoms with Gasteiger partial charge in [0.1, 0.15) is 0 Å². The van der Waals surface area contributed by atoms with E-state index in [9.17, 15) is 5.11 Å². The second-order valence-electron chi connectivity index (χ2n) is 6.62. The van der Waals surface area contributed by atoms with Crippen LogP contribution in [0, 0.1) is 0 Å². The summed E-state index contributed by atoms with van der Waals surface area (Å²) in [6, 6.07) is 22.0. The average Bonchev–Trinajstić information content (AvgIpc) is 2.73. The lowest BCUT2D eigenvalue weighted by Crippen LogP contribution is -2.14. The van der Waals surface area contributed by atoms with Crippen molar-refractivity contribution in [1.82, 2.24) is 0 Å². The van der Waals surface area contributed by atoms with Crippen molar-refractivity contribution in [3.8, 4) is 28.4 Å². The summed E-state index contributed by atoms with van der Waals surface area (Å²) in [7, 11) is 4.81. The van der Waals surface area contributed by atoms with E-state index in [0.29, 0.717) is 30.1 Å². The molecule has 0 aliphatic carbocycles. The van der Waals surface area contributed by atoms with Gasteiger partial charge in [-0.1, -0.05) is 54.6 Å². The highest BCUT2D eigenvalue weighted by Gasteiger charge is 2.17. The fraction of sp³-hybridized carbons (Fsp3) is 0.250. The molecule has 3 aromatic rings. The van der Waals surface area contributed by atoms with Crippen LogP contribution in [-0.2, 0) is 12.8 Å². The highest BCUT2D eigenvalue weighted by atomic mass is 16.5. The van der Waals surface area contributed by atoms with Gasteiger partial charge in [-0.05, 0) is 47.2 Å². The van der Waals surface area contributed by atoms with E-state index in [0.717, 1.165) is 22.3 Å². The van der Waals surface area contributed by atoms with Crippen molar-refractivity contribution in [3.63, 3.8) is 0 Å². The van der Waals surface area contributed by atoms with Gasteiger partial charge in [0.15, 0.2) is 11.5 Å². The summed E-state index contributed by atoms with van der Waals surface area (Å²) in [4.78, 5) is 0. The number of aliphatic hydroxyl groups is 1. The van der Waals surface area contributed by atoms with E-state index >= 15 is 0 Å². The molecule has 0 heterocycles. The monoisotopic (exact) mass is 378 g/mol. The maximum absolute atomic E-state index is 10.6. The van der Waals surface area contributed by atoms with E-state index in [-0.39, 0.29) is 0 Å². The average molecular weight is 378 g/mol. The van der Waals surface area contributed by atoms with Gasteiger partial charge in [0.25, 0.3) is 0 Å². The molecular formula is C24H26O4. The minimum absolute atomic E-state index is 0.467. The highest BCUT2D eigenvalue weighted by molar-refractivity contribution is 5.73. The van der Waals surface area contributed by atoms with E-state index in [1.807, 2.05) is 66.7 Å². The summed E-state index contributed by atoms with van der Waals surface area (Å²) in [5.74, 6) is 1.78. The molecule has 0 aromatic heterocycles. The smallest absolute Gasteiger partial charge is 0.203 e. The molecule has 28 heavy (non-hydrogen) atoms. The van der Waals surface area contributed by atoms with Crippen molar-refractivity contribution >= 4 is 0 Å². The molecule has 0 bridgehead atoms. The van der Waals surface area contributed by atoms with Crippen LogP contribution in [0.1, 0.15) is 11.1 Å². The third-order valence-corrected chi connectivity index (χ3v) is 4.76. The van der Waals surface area contributed by atoms with E-state index in [1.165, 1.54) is 0 Å². The molecule has 3 aromatic carbocycles. The van der Waals surface area contributed by atoms with Crippen LogP contribution in [0.15, 0.2) is 66.7 Å². The molecule has 0 amide bonds. The van der Waals surface area contributed by atoms with Gasteiger partial charge in [-0.15, -0.1) is 0 Å². The van der Waals surface area contributed by atoms with Crippen LogP contribution < -0.4 is 14.2 Å². The lowest BCUT2D eigenvalue weighted by Gasteiger charge is -2.17. The topological polar surface area (TPSA) is 47.9 Å². The van der Waals surface area contributed by atoms with Crippen LogP contribution in [0.4, 0.5) is 0 Å². The standard InChI is InChI=1S/C24H26O4/c1-26-22-15-19(16-23(27-2)24(22)28-3)21-12-8-7-11-18(21)14-20(25)13-17-9-5-4-6-10-17/h4-12,15-16,20,25H,13-14H2,1-3H3. The molecule has 0 fully saturated rings. The molecule has 1 N–H and O–H groups in total. The summed E-state index contributed by atoms with van der Waals surface area (Å²) in [6.45, 7) is 0. The molecule has 0 saturated carbocycles. The van der Waals surface area contributed by atoms with Gasteiger partial charge in [-0.3, -0.25) is 0 Å². The van der Waals surface area contributed by atoms with Crippen LogP contribution >= 0.6 is 0 Å². The molecule has 0 aliphatic heterocycles. The van der Waals surface area contributed by atoms with Gasteiger partial charge in [-0.25, -0.2) is 0 Å². The maximum Gasteiger partial charge on any atom is 0.203 e. The molecule has 0 saturated heterocycles. The molecule has 0 spiro atoms. The fourth-order valence-corrected chi connectivity index (χ4v) is 3.43. The number of methoxy groups -OCH3 is 3. The number of hydrogen-bond donors (Lipinski definition) is 1. The van der Waals surface area contributed by atoms with Gasteiger partial charge in [0, 0.05) is 0 Å². The van der Waals surface area contributed by atoms with Crippen LogP contribution in [0.5, 0.6) is 17.2 Å². The minimum atomic E-state index is -0.467. The Hall–Kier alpha value is -2.98. The summed E-state index contributed by atoms with van der Waals surface area (Å²) in [6.07, 6.45) is 0.706. The molecule has 4 heteroatoms. The van der Waals surface area contributed by atoms with Crippen LogP contribution in [0.25, 0.3) is 11.1 Å².